The van der Waals surface area contributed by atoms with E-state index in [9.17, 15) is 14.3 Å². The number of hydrogen-bond acceptors (Lipinski definition) is 2. The lowest BCUT2D eigenvalue weighted by Crippen LogP contribution is -2.40. The zero-order chi connectivity index (χ0) is 12.9. The Bertz CT molecular complexity index is 523. The monoisotopic (exact) mass is 249 g/mol. The third-order valence-corrected chi connectivity index (χ3v) is 4.34. The third kappa shape index (κ3) is 1.35. The van der Waals surface area contributed by atoms with Crippen LogP contribution in [0.4, 0.5) is 10.1 Å². The average molecular weight is 249 g/mol. The van der Waals surface area contributed by atoms with E-state index in [1.165, 1.54) is 12.1 Å². The standard InChI is InChI=1S/C14H16FNO2/c1-8-11(15)7-6-10-12(8)16-13(17)14(10,18)9-4-2-3-5-9/h6-7,9,18H,2-5H2,1H3,(H,16,17). The van der Waals surface area contributed by atoms with Crippen molar-refractivity contribution in [2.24, 2.45) is 5.92 Å². The van der Waals surface area contributed by atoms with Gasteiger partial charge in [-0.05, 0) is 25.8 Å². The first-order valence-corrected chi connectivity index (χ1v) is 6.38. The topological polar surface area (TPSA) is 49.3 Å². The van der Waals surface area contributed by atoms with Gasteiger partial charge < -0.3 is 10.4 Å². The van der Waals surface area contributed by atoms with Gasteiger partial charge in [0.05, 0.1) is 5.69 Å². The fraction of sp³-hybridized carbons (Fsp3) is 0.500. The molecule has 1 amide bonds. The van der Waals surface area contributed by atoms with Gasteiger partial charge in [0, 0.05) is 17.0 Å². The lowest BCUT2D eigenvalue weighted by molar-refractivity contribution is -0.139. The molecule has 0 bridgehead atoms. The Morgan fingerprint density at radius 2 is 2.06 bits per heavy atom. The van der Waals surface area contributed by atoms with E-state index in [1.807, 2.05) is 0 Å². The first-order valence-electron chi connectivity index (χ1n) is 6.38. The van der Waals surface area contributed by atoms with E-state index in [0.717, 1.165) is 25.7 Å². The second kappa shape index (κ2) is 3.79. The van der Waals surface area contributed by atoms with Crippen LogP contribution in [0.15, 0.2) is 12.1 Å². The number of hydrogen-bond donors (Lipinski definition) is 2. The second-order valence-electron chi connectivity index (χ2n) is 5.30. The molecule has 1 fully saturated rings. The molecule has 1 heterocycles. The van der Waals surface area contributed by atoms with E-state index >= 15 is 0 Å². The normalized spacial score (nSPS) is 27.4. The van der Waals surface area contributed by atoms with Gasteiger partial charge in [0.1, 0.15) is 5.82 Å². The van der Waals surface area contributed by atoms with Crippen molar-refractivity contribution in [3.63, 3.8) is 0 Å². The Balaban J connectivity index is 2.14. The lowest BCUT2D eigenvalue weighted by Gasteiger charge is -2.27. The van der Waals surface area contributed by atoms with E-state index in [4.69, 9.17) is 0 Å². The maximum absolute atomic E-state index is 13.5. The minimum atomic E-state index is -1.47. The highest BCUT2D eigenvalue weighted by Gasteiger charge is 2.52. The maximum atomic E-state index is 13.5. The summed E-state index contributed by atoms with van der Waals surface area (Å²) in [4.78, 5) is 12.1. The highest BCUT2D eigenvalue weighted by atomic mass is 19.1. The van der Waals surface area contributed by atoms with Crippen LogP contribution in [-0.4, -0.2) is 11.0 Å². The number of rotatable bonds is 1. The highest BCUT2D eigenvalue weighted by Crippen LogP contribution is 2.48. The molecule has 1 aliphatic carbocycles. The summed E-state index contributed by atoms with van der Waals surface area (Å²) in [6.45, 7) is 1.62. The number of amides is 1. The van der Waals surface area contributed by atoms with Crippen molar-refractivity contribution in [1.29, 1.82) is 0 Å². The van der Waals surface area contributed by atoms with E-state index < -0.39 is 11.5 Å². The van der Waals surface area contributed by atoms with Crippen molar-refractivity contribution in [2.45, 2.75) is 38.2 Å². The smallest absolute Gasteiger partial charge is 0.261 e. The average Bonchev–Trinajstić information content (AvgIpc) is 2.94. The molecule has 1 aliphatic heterocycles. The van der Waals surface area contributed by atoms with Crippen molar-refractivity contribution in [3.8, 4) is 0 Å². The van der Waals surface area contributed by atoms with Crippen LogP contribution >= 0.6 is 0 Å². The fourth-order valence-corrected chi connectivity index (χ4v) is 3.24. The number of aliphatic hydroxyl groups is 1. The zero-order valence-electron chi connectivity index (χ0n) is 10.3. The molecule has 1 unspecified atom stereocenters. The summed E-state index contributed by atoms with van der Waals surface area (Å²) < 4.78 is 13.5. The SMILES string of the molecule is Cc1c(F)ccc2c1NC(=O)C2(O)C1CCCC1. The molecule has 0 aromatic heterocycles. The minimum Gasteiger partial charge on any atom is -0.375 e. The number of carbonyl (C=O) groups is 1. The molecule has 1 aromatic rings. The van der Waals surface area contributed by atoms with Crippen LogP contribution in [0.1, 0.15) is 36.8 Å². The molecule has 0 radical (unpaired) electrons. The summed E-state index contributed by atoms with van der Waals surface area (Å²) >= 11 is 0. The first kappa shape index (κ1) is 11.7. The van der Waals surface area contributed by atoms with Gasteiger partial charge in [0.2, 0.25) is 0 Å². The molecular formula is C14H16FNO2. The zero-order valence-corrected chi connectivity index (χ0v) is 10.3. The van der Waals surface area contributed by atoms with Crippen LogP contribution in [0, 0.1) is 18.7 Å². The van der Waals surface area contributed by atoms with Gasteiger partial charge in [-0.15, -0.1) is 0 Å². The number of halogens is 1. The number of carbonyl (C=O) groups excluding carboxylic acids is 1. The lowest BCUT2D eigenvalue weighted by atomic mass is 9.81. The number of anilines is 1. The molecule has 18 heavy (non-hydrogen) atoms. The van der Waals surface area contributed by atoms with Crippen LogP contribution in [0.25, 0.3) is 0 Å². The van der Waals surface area contributed by atoms with E-state index in [0.29, 0.717) is 16.8 Å². The van der Waals surface area contributed by atoms with Crippen molar-refractivity contribution in [3.05, 3.63) is 29.1 Å². The largest absolute Gasteiger partial charge is 0.375 e. The van der Waals surface area contributed by atoms with Crippen LogP contribution in [-0.2, 0) is 10.4 Å². The van der Waals surface area contributed by atoms with Gasteiger partial charge in [-0.3, -0.25) is 4.79 Å². The summed E-state index contributed by atoms with van der Waals surface area (Å²) in [6.07, 6.45) is 3.77. The summed E-state index contributed by atoms with van der Waals surface area (Å²) in [6, 6.07) is 2.86. The number of benzene rings is 1. The van der Waals surface area contributed by atoms with Gasteiger partial charge in [-0.1, -0.05) is 18.9 Å². The molecule has 1 aromatic carbocycles. The summed E-state index contributed by atoms with van der Waals surface area (Å²) in [7, 11) is 0. The molecule has 96 valence electrons. The molecule has 3 rings (SSSR count). The molecule has 2 N–H and O–H groups in total. The van der Waals surface area contributed by atoms with Gasteiger partial charge in [-0.25, -0.2) is 4.39 Å². The molecule has 2 aliphatic rings. The minimum absolute atomic E-state index is 0.0522. The molecule has 4 heteroatoms. The number of nitrogens with one attached hydrogen (secondary N) is 1. The summed E-state index contributed by atoms with van der Waals surface area (Å²) in [5.41, 5.74) is -0.0768. The van der Waals surface area contributed by atoms with E-state index in [1.54, 1.807) is 6.92 Å². The van der Waals surface area contributed by atoms with Crippen LogP contribution in [0.5, 0.6) is 0 Å². The molecule has 3 nitrogen and oxygen atoms in total. The van der Waals surface area contributed by atoms with Crippen LogP contribution < -0.4 is 5.32 Å². The Labute approximate surface area is 105 Å². The molecular weight excluding hydrogens is 233 g/mol. The van der Waals surface area contributed by atoms with Crippen molar-refractivity contribution in [1.82, 2.24) is 0 Å². The number of fused-ring (bicyclic) bond motifs is 1. The maximum Gasteiger partial charge on any atom is 0.261 e. The van der Waals surface area contributed by atoms with Crippen LogP contribution in [0.3, 0.4) is 0 Å². The van der Waals surface area contributed by atoms with Gasteiger partial charge in [0.25, 0.3) is 5.91 Å². The Morgan fingerprint density at radius 1 is 1.39 bits per heavy atom. The second-order valence-corrected chi connectivity index (χ2v) is 5.30. The fourth-order valence-electron chi connectivity index (χ4n) is 3.24. The molecule has 1 saturated carbocycles. The molecule has 1 atom stereocenters. The Kier molecular flexibility index (Phi) is 2.45. The Morgan fingerprint density at radius 3 is 2.72 bits per heavy atom. The summed E-state index contributed by atoms with van der Waals surface area (Å²) in [5, 5.41) is 13.4. The van der Waals surface area contributed by atoms with Gasteiger partial charge >= 0.3 is 0 Å². The predicted octanol–water partition coefficient (Wildman–Crippen LogP) is 2.46. The van der Waals surface area contributed by atoms with E-state index in [2.05, 4.69) is 5.32 Å². The van der Waals surface area contributed by atoms with Crippen molar-refractivity contribution < 1.29 is 14.3 Å². The van der Waals surface area contributed by atoms with Crippen molar-refractivity contribution >= 4 is 11.6 Å². The Hall–Kier alpha value is -1.42. The van der Waals surface area contributed by atoms with Crippen molar-refractivity contribution in [2.75, 3.05) is 5.32 Å². The highest BCUT2D eigenvalue weighted by molar-refractivity contribution is 6.05. The quantitative estimate of drug-likeness (QED) is 0.803. The van der Waals surface area contributed by atoms with Crippen LogP contribution in [0.2, 0.25) is 0 Å². The summed E-state index contributed by atoms with van der Waals surface area (Å²) in [5.74, 6) is -0.813. The van der Waals surface area contributed by atoms with Gasteiger partial charge in [-0.2, -0.15) is 0 Å². The first-order chi connectivity index (χ1) is 8.55. The molecule has 0 spiro atoms. The predicted molar refractivity (Wildman–Crippen MR) is 65.6 cm³/mol. The third-order valence-electron chi connectivity index (χ3n) is 4.34. The van der Waals surface area contributed by atoms with E-state index in [-0.39, 0.29) is 11.7 Å². The van der Waals surface area contributed by atoms with Gasteiger partial charge in [0.15, 0.2) is 5.60 Å². The molecule has 0 saturated heterocycles.